The number of rotatable bonds is 3. The highest BCUT2D eigenvalue weighted by atomic mass is 16.5. The van der Waals surface area contributed by atoms with Gasteiger partial charge in [-0.1, -0.05) is 35.5 Å². The molecule has 3 heteroatoms. The molecule has 1 atom stereocenters. The third kappa shape index (κ3) is 2.44. The molecule has 78 valence electrons. The molecule has 0 fully saturated rings. The van der Waals surface area contributed by atoms with Crippen molar-refractivity contribution in [3.63, 3.8) is 0 Å². The van der Waals surface area contributed by atoms with Crippen molar-refractivity contribution in [3.8, 4) is 0 Å². The molecule has 0 spiro atoms. The van der Waals surface area contributed by atoms with E-state index in [2.05, 4.69) is 5.16 Å². The maximum Gasteiger partial charge on any atom is 0.138 e. The molecular formula is C12H14N2O. The van der Waals surface area contributed by atoms with Crippen molar-refractivity contribution in [3.05, 3.63) is 53.4 Å². The van der Waals surface area contributed by atoms with Crippen LogP contribution in [0.1, 0.15) is 23.1 Å². The lowest BCUT2D eigenvalue weighted by Crippen LogP contribution is -2.12. The lowest BCUT2D eigenvalue weighted by atomic mass is 10.0. The van der Waals surface area contributed by atoms with Gasteiger partial charge < -0.3 is 10.3 Å². The zero-order valence-electron chi connectivity index (χ0n) is 8.68. The first-order valence-electron chi connectivity index (χ1n) is 4.98. The molecule has 1 aromatic heterocycles. The van der Waals surface area contributed by atoms with Crippen LogP contribution >= 0.6 is 0 Å². The number of nitrogens with zero attached hydrogens (tertiary/aromatic N) is 1. The van der Waals surface area contributed by atoms with E-state index in [1.165, 1.54) is 0 Å². The summed E-state index contributed by atoms with van der Waals surface area (Å²) in [5.74, 6) is 0.837. The molecular weight excluding hydrogens is 188 g/mol. The van der Waals surface area contributed by atoms with Gasteiger partial charge in [0.05, 0.1) is 5.69 Å². The summed E-state index contributed by atoms with van der Waals surface area (Å²) < 4.78 is 5.13. The minimum Gasteiger partial charge on any atom is -0.361 e. The first-order valence-corrected chi connectivity index (χ1v) is 4.98. The lowest BCUT2D eigenvalue weighted by molar-refractivity contribution is 0.372. The maximum atomic E-state index is 6.05. The Bertz CT molecular complexity index is 422. The molecule has 2 aromatic rings. The summed E-state index contributed by atoms with van der Waals surface area (Å²) in [6.45, 7) is 1.90. The van der Waals surface area contributed by atoms with E-state index in [0.29, 0.717) is 6.42 Å². The van der Waals surface area contributed by atoms with Crippen LogP contribution in [0.4, 0.5) is 0 Å². The summed E-state index contributed by atoms with van der Waals surface area (Å²) in [5.41, 5.74) is 8.06. The van der Waals surface area contributed by atoms with E-state index in [9.17, 15) is 0 Å². The van der Waals surface area contributed by atoms with E-state index in [0.717, 1.165) is 17.0 Å². The third-order valence-corrected chi connectivity index (χ3v) is 2.33. The van der Waals surface area contributed by atoms with Gasteiger partial charge in [0.25, 0.3) is 0 Å². The molecule has 0 saturated carbocycles. The topological polar surface area (TPSA) is 52.0 Å². The number of aromatic nitrogens is 1. The van der Waals surface area contributed by atoms with E-state index in [1.807, 2.05) is 43.3 Å². The second kappa shape index (κ2) is 4.28. The first-order chi connectivity index (χ1) is 7.25. The predicted octanol–water partition coefficient (Wildman–Crippen LogP) is 2.23. The summed E-state index contributed by atoms with van der Waals surface area (Å²) in [6.07, 6.45) is 0.685. The van der Waals surface area contributed by atoms with E-state index >= 15 is 0 Å². The molecule has 2 rings (SSSR count). The normalized spacial score (nSPS) is 12.7. The van der Waals surface area contributed by atoms with Crippen molar-refractivity contribution < 1.29 is 4.52 Å². The first kappa shape index (κ1) is 9.93. The van der Waals surface area contributed by atoms with Crippen molar-refractivity contribution >= 4 is 0 Å². The molecule has 3 nitrogen and oxygen atoms in total. The van der Waals surface area contributed by atoms with Crippen molar-refractivity contribution in [2.45, 2.75) is 19.4 Å². The molecule has 15 heavy (non-hydrogen) atoms. The molecule has 0 saturated heterocycles. The van der Waals surface area contributed by atoms with Crippen LogP contribution in [0, 0.1) is 6.92 Å². The van der Waals surface area contributed by atoms with Gasteiger partial charge in [-0.05, 0) is 12.5 Å². The molecule has 1 unspecified atom stereocenters. The summed E-state index contributed by atoms with van der Waals surface area (Å²) in [4.78, 5) is 0. The largest absolute Gasteiger partial charge is 0.361 e. The minimum atomic E-state index is -0.0291. The van der Waals surface area contributed by atoms with Gasteiger partial charge >= 0.3 is 0 Å². The summed E-state index contributed by atoms with van der Waals surface area (Å²) in [5, 5.41) is 3.83. The fraction of sp³-hybridized carbons (Fsp3) is 0.250. The number of nitrogens with two attached hydrogens (primary N) is 1. The zero-order valence-corrected chi connectivity index (χ0v) is 8.68. The summed E-state index contributed by atoms with van der Waals surface area (Å²) in [7, 11) is 0. The van der Waals surface area contributed by atoms with Crippen LogP contribution in [0.15, 0.2) is 40.9 Å². The van der Waals surface area contributed by atoms with Gasteiger partial charge in [0.1, 0.15) is 5.76 Å². The van der Waals surface area contributed by atoms with Crippen molar-refractivity contribution in [1.29, 1.82) is 0 Å². The second-order valence-corrected chi connectivity index (χ2v) is 3.66. The highest BCUT2D eigenvalue weighted by Gasteiger charge is 2.09. The van der Waals surface area contributed by atoms with E-state index in [1.54, 1.807) is 0 Å². The smallest absolute Gasteiger partial charge is 0.138 e. The Morgan fingerprint density at radius 1 is 1.33 bits per heavy atom. The number of aryl methyl sites for hydroxylation is 1. The van der Waals surface area contributed by atoms with Gasteiger partial charge in [-0.15, -0.1) is 0 Å². The quantitative estimate of drug-likeness (QED) is 0.830. The Morgan fingerprint density at radius 2 is 2.07 bits per heavy atom. The van der Waals surface area contributed by atoms with Gasteiger partial charge in [-0.3, -0.25) is 0 Å². The van der Waals surface area contributed by atoms with E-state index < -0.39 is 0 Å². The van der Waals surface area contributed by atoms with Gasteiger partial charge in [0.2, 0.25) is 0 Å². The molecule has 0 amide bonds. The molecule has 1 aromatic carbocycles. The molecule has 0 bridgehead atoms. The SMILES string of the molecule is Cc1cc(CC(N)c2ccccc2)on1. The van der Waals surface area contributed by atoms with Crippen LogP contribution in [0.2, 0.25) is 0 Å². The van der Waals surface area contributed by atoms with Gasteiger partial charge in [-0.25, -0.2) is 0 Å². The Labute approximate surface area is 88.9 Å². The Morgan fingerprint density at radius 3 is 2.67 bits per heavy atom. The van der Waals surface area contributed by atoms with E-state index in [-0.39, 0.29) is 6.04 Å². The summed E-state index contributed by atoms with van der Waals surface area (Å²) in [6, 6.07) is 11.9. The maximum absolute atomic E-state index is 6.05. The Balaban J connectivity index is 2.07. The number of benzene rings is 1. The van der Waals surface area contributed by atoms with Crippen molar-refractivity contribution in [1.82, 2.24) is 5.16 Å². The second-order valence-electron chi connectivity index (χ2n) is 3.66. The predicted molar refractivity (Wildman–Crippen MR) is 58.3 cm³/mol. The molecule has 0 aliphatic carbocycles. The van der Waals surface area contributed by atoms with E-state index in [4.69, 9.17) is 10.3 Å². The van der Waals surface area contributed by atoms with Crippen LogP contribution in [0.25, 0.3) is 0 Å². The highest BCUT2D eigenvalue weighted by molar-refractivity contribution is 5.20. The van der Waals surface area contributed by atoms with Crippen LogP contribution in [0.5, 0.6) is 0 Å². The molecule has 1 heterocycles. The van der Waals surface area contributed by atoms with Gasteiger partial charge in [0.15, 0.2) is 0 Å². The van der Waals surface area contributed by atoms with Crippen LogP contribution in [-0.2, 0) is 6.42 Å². The number of hydrogen-bond donors (Lipinski definition) is 1. The molecule has 0 aliphatic rings. The average Bonchev–Trinajstić information content (AvgIpc) is 2.65. The van der Waals surface area contributed by atoms with Crippen molar-refractivity contribution in [2.24, 2.45) is 5.73 Å². The van der Waals surface area contributed by atoms with Gasteiger partial charge in [-0.2, -0.15) is 0 Å². The Kier molecular flexibility index (Phi) is 2.83. The van der Waals surface area contributed by atoms with Crippen LogP contribution in [0.3, 0.4) is 0 Å². The van der Waals surface area contributed by atoms with Crippen LogP contribution < -0.4 is 5.73 Å². The molecule has 0 radical (unpaired) electrons. The lowest BCUT2D eigenvalue weighted by Gasteiger charge is -2.08. The zero-order chi connectivity index (χ0) is 10.7. The highest BCUT2D eigenvalue weighted by Crippen LogP contribution is 2.15. The van der Waals surface area contributed by atoms with Crippen molar-refractivity contribution in [2.75, 3.05) is 0 Å². The molecule has 2 N–H and O–H groups in total. The fourth-order valence-electron chi connectivity index (χ4n) is 1.55. The third-order valence-electron chi connectivity index (χ3n) is 2.33. The Hall–Kier alpha value is -1.61. The molecule has 0 aliphatic heterocycles. The minimum absolute atomic E-state index is 0.0291. The average molecular weight is 202 g/mol. The standard InChI is InChI=1S/C12H14N2O/c1-9-7-11(15-14-9)8-12(13)10-5-3-2-4-6-10/h2-7,12H,8,13H2,1H3. The van der Waals surface area contributed by atoms with Crippen LogP contribution in [-0.4, -0.2) is 5.16 Å². The number of hydrogen-bond acceptors (Lipinski definition) is 3. The summed E-state index contributed by atoms with van der Waals surface area (Å²) >= 11 is 0. The fourth-order valence-corrected chi connectivity index (χ4v) is 1.55. The van der Waals surface area contributed by atoms with Gasteiger partial charge in [0, 0.05) is 18.5 Å². The monoisotopic (exact) mass is 202 g/mol.